The molecule has 3 heterocycles. The maximum atomic E-state index is 14.0. The van der Waals surface area contributed by atoms with E-state index in [1.807, 2.05) is 31.2 Å². The zero-order valence-corrected chi connectivity index (χ0v) is 23.2. The van der Waals surface area contributed by atoms with Gasteiger partial charge in [-0.15, -0.1) is 0 Å². The number of alkyl halides is 2. The van der Waals surface area contributed by atoms with Crippen molar-refractivity contribution < 1.29 is 28.2 Å². The number of benzene rings is 2. The quantitative estimate of drug-likeness (QED) is 0.286. The molecule has 1 aliphatic heterocycles. The number of pyridine rings is 2. The molecule has 39 heavy (non-hydrogen) atoms. The van der Waals surface area contributed by atoms with Gasteiger partial charge >= 0.3 is 5.97 Å². The van der Waals surface area contributed by atoms with E-state index in [0.717, 1.165) is 63.2 Å². The van der Waals surface area contributed by atoms with Gasteiger partial charge < -0.3 is 14.6 Å². The Bertz CT molecular complexity index is 1520. The molecule has 1 aliphatic rings. The molecular formula is C31H34F2N2O4. The molecule has 0 amide bonds. The first-order valence-electron chi connectivity index (χ1n) is 12.9. The molecule has 0 radical (unpaired) electrons. The number of nitrogens with zero attached hydrogens (tertiary/aromatic N) is 2. The first-order valence-corrected chi connectivity index (χ1v) is 12.9. The normalized spacial score (nSPS) is 13.1. The fraction of sp³-hybridized carbons (Fsp3) is 0.387. The van der Waals surface area contributed by atoms with Crippen LogP contribution in [0.5, 0.6) is 5.75 Å². The van der Waals surface area contributed by atoms with Crippen LogP contribution in [0.3, 0.4) is 0 Å². The second-order valence-corrected chi connectivity index (χ2v) is 10.9. The maximum Gasteiger partial charge on any atom is 0.302 e. The zero-order chi connectivity index (χ0) is 28.5. The van der Waals surface area contributed by atoms with Crippen LogP contribution in [0.1, 0.15) is 57.0 Å². The topological polar surface area (TPSA) is 81.5 Å². The predicted molar refractivity (Wildman–Crippen MR) is 148 cm³/mol. The predicted octanol–water partition coefficient (Wildman–Crippen LogP) is 6.69. The summed E-state index contributed by atoms with van der Waals surface area (Å²) < 4.78 is 39.2. The van der Waals surface area contributed by atoms with Crippen molar-refractivity contribution in [3.05, 3.63) is 65.0 Å². The summed E-state index contributed by atoms with van der Waals surface area (Å²) in [4.78, 5) is 20.4. The van der Waals surface area contributed by atoms with Crippen molar-refractivity contribution >= 4 is 27.8 Å². The molecule has 206 valence electrons. The van der Waals surface area contributed by atoms with Crippen LogP contribution < -0.4 is 4.74 Å². The number of halogens is 2. The van der Waals surface area contributed by atoms with E-state index in [2.05, 4.69) is 4.98 Å². The molecule has 2 aromatic heterocycles. The summed E-state index contributed by atoms with van der Waals surface area (Å²) in [5.41, 5.74) is 5.25. The van der Waals surface area contributed by atoms with Gasteiger partial charge in [-0.2, -0.15) is 8.78 Å². The van der Waals surface area contributed by atoms with E-state index < -0.39 is 11.5 Å². The maximum absolute atomic E-state index is 14.0. The van der Waals surface area contributed by atoms with Crippen LogP contribution in [0, 0.1) is 6.92 Å². The molecule has 0 bridgehead atoms. The van der Waals surface area contributed by atoms with Gasteiger partial charge in [0.2, 0.25) is 0 Å². The number of aryl methyl sites for hydroxylation is 1. The number of hydrogen-bond donors (Lipinski definition) is 1. The molecular weight excluding hydrogens is 502 g/mol. The van der Waals surface area contributed by atoms with Crippen molar-refractivity contribution in [2.45, 2.75) is 65.9 Å². The Morgan fingerprint density at radius 1 is 1.13 bits per heavy atom. The summed E-state index contributed by atoms with van der Waals surface area (Å²) in [6.07, 6.45) is 3.06. The van der Waals surface area contributed by atoms with Crippen LogP contribution in [0.4, 0.5) is 8.78 Å². The molecule has 0 saturated carbocycles. The summed E-state index contributed by atoms with van der Waals surface area (Å²) >= 11 is 0. The lowest BCUT2D eigenvalue weighted by atomic mass is 9.88. The van der Waals surface area contributed by atoms with E-state index in [4.69, 9.17) is 19.6 Å². The van der Waals surface area contributed by atoms with Crippen LogP contribution in [-0.2, 0) is 28.3 Å². The first kappa shape index (κ1) is 28.4. The van der Waals surface area contributed by atoms with Crippen molar-refractivity contribution in [3.63, 3.8) is 0 Å². The molecule has 6 nitrogen and oxygen atoms in total. The van der Waals surface area contributed by atoms with Gasteiger partial charge in [0.25, 0.3) is 5.92 Å². The number of fused-ring (bicyclic) bond motifs is 1. The number of aliphatic hydroxyl groups is 1. The first-order chi connectivity index (χ1) is 18.2. The van der Waals surface area contributed by atoms with E-state index in [9.17, 15) is 13.6 Å². The molecule has 4 aromatic rings. The number of aromatic nitrogens is 2. The SMILES string of the molecule is CC(=O)OCCc1c(C)cc2nc(C(C)(F)F)ccc2c1-c1ccc2c3c(ccnc13)CCO2.CC(C)(C)O. The fourth-order valence-corrected chi connectivity index (χ4v) is 4.72. The molecule has 0 atom stereocenters. The molecule has 0 unspecified atom stereocenters. The molecule has 2 aromatic carbocycles. The Labute approximate surface area is 227 Å². The highest BCUT2D eigenvalue weighted by Crippen LogP contribution is 2.42. The number of esters is 1. The largest absolute Gasteiger partial charge is 0.493 e. The van der Waals surface area contributed by atoms with Crippen molar-refractivity contribution in [1.29, 1.82) is 0 Å². The molecule has 0 spiro atoms. The van der Waals surface area contributed by atoms with E-state index in [0.29, 0.717) is 18.5 Å². The number of ether oxygens (including phenoxy) is 2. The minimum absolute atomic E-state index is 0.213. The van der Waals surface area contributed by atoms with Crippen LogP contribution in [0.2, 0.25) is 0 Å². The van der Waals surface area contributed by atoms with E-state index in [1.54, 1.807) is 33.0 Å². The van der Waals surface area contributed by atoms with Gasteiger partial charge in [0.15, 0.2) is 0 Å². The van der Waals surface area contributed by atoms with Gasteiger partial charge in [0.05, 0.1) is 29.8 Å². The molecule has 5 rings (SSSR count). The van der Waals surface area contributed by atoms with Gasteiger partial charge in [0.1, 0.15) is 11.4 Å². The smallest absolute Gasteiger partial charge is 0.302 e. The minimum atomic E-state index is -3.05. The number of rotatable bonds is 5. The second kappa shape index (κ2) is 10.8. The van der Waals surface area contributed by atoms with E-state index >= 15 is 0 Å². The minimum Gasteiger partial charge on any atom is -0.493 e. The van der Waals surface area contributed by atoms with Gasteiger partial charge in [-0.3, -0.25) is 9.78 Å². The fourth-order valence-electron chi connectivity index (χ4n) is 4.72. The Morgan fingerprint density at radius 2 is 1.85 bits per heavy atom. The lowest BCUT2D eigenvalue weighted by molar-refractivity contribution is -0.140. The van der Waals surface area contributed by atoms with Gasteiger partial charge in [-0.05, 0) is 80.3 Å². The molecule has 0 saturated heterocycles. The molecule has 0 aliphatic carbocycles. The van der Waals surface area contributed by atoms with Gasteiger partial charge in [-0.25, -0.2) is 4.98 Å². The highest BCUT2D eigenvalue weighted by molar-refractivity contribution is 6.07. The third-order valence-corrected chi connectivity index (χ3v) is 6.27. The summed E-state index contributed by atoms with van der Waals surface area (Å²) in [6, 6.07) is 10.8. The van der Waals surface area contributed by atoms with Crippen molar-refractivity contribution in [2.75, 3.05) is 13.2 Å². The van der Waals surface area contributed by atoms with E-state index in [-0.39, 0.29) is 18.3 Å². The average molecular weight is 537 g/mol. The highest BCUT2D eigenvalue weighted by atomic mass is 19.3. The van der Waals surface area contributed by atoms with Crippen molar-refractivity contribution in [1.82, 2.24) is 9.97 Å². The van der Waals surface area contributed by atoms with Crippen LogP contribution in [0.15, 0.2) is 42.6 Å². The summed E-state index contributed by atoms with van der Waals surface area (Å²) in [5.74, 6) is -2.61. The average Bonchev–Trinajstić information content (AvgIpc) is 2.83. The van der Waals surface area contributed by atoms with Crippen molar-refractivity contribution in [3.8, 4) is 16.9 Å². The van der Waals surface area contributed by atoms with Gasteiger partial charge in [-0.1, -0.05) is 6.07 Å². The Morgan fingerprint density at radius 3 is 2.51 bits per heavy atom. The zero-order valence-electron chi connectivity index (χ0n) is 23.2. The molecule has 0 fully saturated rings. The third-order valence-electron chi connectivity index (χ3n) is 6.27. The molecule has 1 N–H and O–H groups in total. The lowest BCUT2D eigenvalue weighted by Gasteiger charge is -2.22. The number of carbonyl (C=O) groups is 1. The summed E-state index contributed by atoms with van der Waals surface area (Å²) in [7, 11) is 0. The molecule has 8 heteroatoms. The third kappa shape index (κ3) is 6.50. The Hall–Kier alpha value is -3.65. The van der Waals surface area contributed by atoms with Crippen LogP contribution in [-0.4, -0.2) is 39.9 Å². The van der Waals surface area contributed by atoms with Crippen molar-refractivity contribution in [2.24, 2.45) is 0 Å². The summed E-state index contributed by atoms with van der Waals surface area (Å²) in [5, 5.41) is 10.2. The van der Waals surface area contributed by atoms with Crippen LogP contribution >= 0.6 is 0 Å². The monoisotopic (exact) mass is 536 g/mol. The Balaban J connectivity index is 0.000000648. The number of hydrogen-bond acceptors (Lipinski definition) is 6. The highest BCUT2D eigenvalue weighted by Gasteiger charge is 2.27. The van der Waals surface area contributed by atoms with Gasteiger partial charge in [0, 0.05) is 49.2 Å². The number of carbonyl (C=O) groups excluding carboxylic acids is 1. The second-order valence-electron chi connectivity index (χ2n) is 10.9. The standard InChI is InChI=1S/C27H24F2N2O3.C4H10O/c1-15-14-21-19(5-7-23(31-21)27(3,28)29)25(18(15)10-13-33-16(2)32)20-4-6-22-24-17(9-12-34-22)8-11-30-26(20)24;1-4(2,3)5/h4-8,11,14H,9-10,12-13H2,1-3H3;5H,1-3H3. The lowest BCUT2D eigenvalue weighted by Crippen LogP contribution is -2.11. The summed E-state index contributed by atoms with van der Waals surface area (Å²) in [6.45, 7) is 10.2. The van der Waals surface area contributed by atoms with E-state index in [1.165, 1.54) is 13.0 Å². The Kier molecular flexibility index (Phi) is 7.89. The van der Waals surface area contributed by atoms with Crippen LogP contribution in [0.25, 0.3) is 32.9 Å².